The van der Waals surface area contributed by atoms with E-state index < -0.39 is 5.79 Å². The molecule has 118 valence electrons. The van der Waals surface area contributed by atoms with Crippen LogP contribution in [0.1, 0.15) is 5.56 Å². The summed E-state index contributed by atoms with van der Waals surface area (Å²) in [5.41, 5.74) is 2.06. The van der Waals surface area contributed by atoms with Gasteiger partial charge in [0.05, 0.1) is 23.2 Å². The van der Waals surface area contributed by atoms with Crippen LogP contribution in [0.15, 0.2) is 35.5 Å². The molecule has 0 amide bonds. The molecule has 2 bridgehead atoms. The van der Waals surface area contributed by atoms with Crippen molar-refractivity contribution in [3.05, 3.63) is 35.9 Å². The Balaban J connectivity index is 1.37. The third kappa shape index (κ3) is 0.815. The first kappa shape index (κ1) is 12.5. The molecule has 5 heteroatoms. The zero-order valence-corrected chi connectivity index (χ0v) is 13.9. The molecule has 23 heavy (non-hydrogen) atoms. The van der Waals surface area contributed by atoms with Crippen molar-refractivity contribution in [1.82, 2.24) is 0 Å². The lowest BCUT2D eigenvalue weighted by Crippen LogP contribution is -2.94. The minimum atomic E-state index is -0.397. The molecule has 1 aliphatic heterocycles. The van der Waals surface area contributed by atoms with Gasteiger partial charge >= 0.3 is 0 Å². The summed E-state index contributed by atoms with van der Waals surface area (Å²) in [6.07, 6.45) is 0. The predicted octanol–water partition coefficient (Wildman–Crippen LogP) is 2.49. The van der Waals surface area contributed by atoms with Gasteiger partial charge in [-0.15, -0.1) is 0 Å². The third-order valence-electron chi connectivity index (χ3n) is 8.19. The number of halogens is 1. The van der Waals surface area contributed by atoms with Crippen LogP contribution in [0.25, 0.3) is 0 Å². The number of ether oxygens (including phenoxy) is 2. The Kier molecular flexibility index (Phi) is 1.77. The smallest absolute Gasteiger partial charge is 0.187 e. The average Bonchev–Trinajstić information content (AvgIpc) is 3.11. The molecule has 1 aromatic rings. The molecule has 1 heterocycles. The Morgan fingerprint density at radius 2 is 1.61 bits per heavy atom. The maximum atomic E-state index is 9.81. The van der Waals surface area contributed by atoms with Crippen molar-refractivity contribution in [2.24, 2.45) is 46.1 Å². The van der Waals surface area contributed by atoms with Gasteiger partial charge < -0.3 is 14.7 Å². The van der Waals surface area contributed by atoms with Crippen molar-refractivity contribution < 1.29 is 14.7 Å². The topological polar surface area (TPSA) is 51.1 Å². The van der Waals surface area contributed by atoms with Crippen LogP contribution in [-0.4, -0.2) is 34.2 Å². The van der Waals surface area contributed by atoms with Crippen LogP contribution < -0.4 is 0 Å². The Bertz CT molecular complexity index is 767. The summed E-state index contributed by atoms with van der Waals surface area (Å²) >= 11 is 4.07. The van der Waals surface area contributed by atoms with Crippen LogP contribution >= 0.6 is 15.9 Å². The lowest BCUT2D eigenvalue weighted by molar-refractivity contribution is -0.404. The van der Waals surface area contributed by atoms with Gasteiger partial charge in [-0.25, -0.2) is 0 Å². The van der Waals surface area contributed by atoms with E-state index in [1.165, 1.54) is 0 Å². The number of benzene rings is 1. The van der Waals surface area contributed by atoms with Crippen LogP contribution in [0.4, 0.5) is 0 Å². The van der Waals surface area contributed by atoms with E-state index in [2.05, 4.69) is 33.2 Å². The molecule has 8 atom stereocenters. The highest BCUT2D eigenvalue weighted by Crippen LogP contribution is 3.05. The first-order valence-electron chi connectivity index (χ1n) is 8.49. The Morgan fingerprint density at radius 1 is 1.00 bits per heavy atom. The molecule has 1 saturated heterocycles. The lowest BCUT2D eigenvalue weighted by Gasteiger charge is -2.91. The van der Waals surface area contributed by atoms with Gasteiger partial charge in [-0.1, -0.05) is 51.4 Å². The standard InChI is InChI=1S/C18H16BrNO3/c19-17-12-9-13(17)11-14(18(17)22-6-7-23-18)10(12)16(9,11)15(20-21)8-4-2-1-3-5-8/h1-5,9-14,21H,6-7H2/b20-15-/t9?,10-,11+,12-,13-,14?,16?,17?/m0/s1. The Labute approximate surface area is 142 Å². The molecule has 7 fully saturated rings. The van der Waals surface area contributed by atoms with Gasteiger partial charge in [0.25, 0.3) is 0 Å². The normalized spacial score (nSPS) is 58.2. The van der Waals surface area contributed by atoms with Crippen molar-refractivity contribution in [3.8, 4) is 0 Å². The second-order valence-corrected chi connectivity index (χ2v) is 9.35. The summed E-state index contributed by atoms with van der Waals surface area (Å²) in [4.78, 5) is 0. The van der Waals surface area contributed by atoms with E-state index in [4.69, 9.17) is 9.47 Å². The van der Waals surface area contributed by atoms with Crippen LogP contribution in [-0.2, 0) is 9.47 Å². The minimum absolute atomic E-state index is 0.0279. The van der Waals surface area contributed by atoms with E-state index in [1.807, 2.05) is 18.2 Å². The van der Waals surface area contributed by atoms with Crippen molar-refractivity contribution in [2.75, 3.05) is 13.2 Å². The van der Waals surface area contributed by atoms with Gasteiger partial charge in [0.1, 0.15) is 0 Å². The first-order valence-corrected chi connectivity index (χ1v) is 9.28. The van der Waals surface area contributed by atoms with Crippen molar-refractivity contribution in [3.63, 3.8) is 0 Å². The van der Waals surface area contributed by atoms with Gasteiger partial charge in [0.15, 0.2) is 5.79 Å². The SMILES string of the molecule is O/N=C(/c1ccccc1)C12C3[C@H]4[C@H]1C1[C@H]2[C@H]3C4(Br)C12OCCO2. The number of hydrogen-bond acceptors (Lipinski definition) is 4. The summed E-state index contributed by atoms with van der Waals surface area (Å²) < 4.78 is 12.4. The van der Waals surface area contributed by atoms with Gasteiger partial charge in [0, 0.05) is 11.3 Å². The van der Waals surface area contributed by atoms with Gasteiger partial charge in [-0.3, -0.25) is 0 Å². The molecule has 0 radical (unpaired) electrons. The summed E-state index contributed by atoms with van der Waals surface area (Å²) in [5.74, 6) is 3.07. The number of rotatable bonds is 2. The molecular weight excluding hydrogens is 358 g/mol. The third-order valence-corrected chi connectivity index (χ3v) is 9.80. The average molecular weight is 374 g/mol. The molecule has 4 nitrogen and oxygen atoms in total. The van der Waals surface area contributed by atoms with Crippen LogP contribution in [0, 0.1) is 40.9 Å². The molecule has 8 rings (SSSR count). The minimum Gasteiger partial charge on any atom is -0.411 e. The van der Waals surface area contributed by atoms with Crippen LogP contribution in [0.5, 0.6) is 0 Å². The first-order chi connectivity index (χ1) is 11.2. The number of oxime groups is 1. The zero-order valence-electron chi connectivity index (χ0n) is 12.4. The maximum Gasteiger partial charge on any atom is 0.187 e. The summed E-state index contributed by atoms with van der Waals surface area (Å²) in [5, 5.41) is 13.6. The fraction of sp³-hybridized carbons (Fsp3) is 0.611. The fourth-order valence-electron chi connectivity index (χ4n) is 8.08. The quantitative estimate of drug-likeness (QED) is 0.375. The van der Waals surface area contributed by atoms with E-state index >= 15 is 0 Å². The highest BCUT2D eigenvalue weighted by atomic mass is 79.9. The van der Waals surface area contributed by atoms with E-state index in [0.29, 0.717) is 48.7 Å². The number of alkyl halides is 1. The molecule has 1 N–H and O–H groups in total. The molecule has 1 spiro atoms. The zero-order chi connectivity index (χ0) is 15.2. The molecule has 1 aromatic carbocycles. The van der Waals surface area contributed by atoms with Crippen molar-refractivity contribution in [2.45, 2.75) is 10.1 Å². The Hall–Kier alpha value is -0.910. The Morgan fingerprint density at radius 3 is 2.22 bits per heavy atom. The molecule has 7 aliphatic rings. The van der Waals surface area contributed by atoms with Crippen molar-refractivity contribution in [1.29, 1.82) is 0 Å². The predicted molar refractivity (Wildman–Crippen MR) is 84.4 cm³/mol. The van der Waals surface area contributed by atoms with Gasteiger partial charge in [0.2, 0.25) is 0 Å². The monoisotopic (exact) mass is 373 g/mol. The second kappa shape index (κ2) is 3.26. The molecule has 4 unspecified atom stereocenters. The van der Waals surface area contributed by atoms with Crippen LogP contribution in [0.2, 0.25) is 0 Å². The van der Waals surface area contributed by atoms with E-state index in [-0.39, 0.29) is 9.74 Å². The lowest BCUT2D eigenvalue weighted by atomic mass is 9.12. The molecule has 0 aromatic heterocycles. The summed E-state index contributed by atoms with van der Waals surface area (Å²) in [6, 6.07) is 10.2. The van der Waals surface area contributed by atoms with Gasteiger partial charge in [-0.05, 0) is 35.2 Å². The molecule has 6 saturated carbocycles. The van der Waals surface area contributed by atoms with Crippen molar-refractivity contribution >= 4 is 21.6 Å². The van der Waals surface area contributed by atoms with E-state index in [9.17, 15) is 5.21 Å². The molecular formula is C18H16BrNO3. The number of nitrogens with zero attached hydrogens (tertiary/aromatic N) is 1. The van der Waals surface area contributed by atoms with Gasteiger partial charge in [-0.2, -0.15) is 0 Å². The van der Waals surface area contributed by atoms with E-state index in [0.717, 1.165) is 11.3 Å². The van der Waals surface area contributed by atoms with Crippen LogP contribution in [0.3, 0.4) is 0 Å². The van der Waals surface area contributed by atoms with E-state index in [1.54, 1.807) is 0 Å². The number of hydrogen-bond donors (Lipinski definition) is 1. The maximum absolute atomic E-state index is 9.81. The highest BCUT2D eigenvalue weighted by Gasteiger charge is 3.09. The summed E-state index contributed by atoms with van der Waals surface area (Å²) in [6.45, 7) is 1.42. The fourth-order valence-corrected chi connectivity index (χ4v) is 9.71. The molecule has 6 aliphatic carbocycles. The largest absolute Gasteiger partial charge is 0.411 e. The highest BCUT2D eigenvalue weighted by molar-refractivity contribution is 9.10. The second-order valence-electron chi connectivity index (χ2n) is 8.03. The summed E-state index contributed by atoms with van der Waals surface area (Å²) in [7, 11) is 0.